The molecule has 2 atom stereocenters. The number of nitrogens with two attached hydrogens (primary N) is 2. The molecule has 17 heavy (non-hydrogen) atoms. The van der Waals surface area contributed by atoms with Crippen molar-refractivity contribution in [2.75, 3.05) is 26.2 Å². The summed E-state index contributed by atoms with van der Waals surface area (Å²) in [6, 6.07) is -0.466. The van der Waals surface area contributed by atoms with Crippen molar-refractivity contribution in [3.63, 3.8) is 0 Å². The topological polar surface area (TPSA) is 92.7 Å². The van der Waals surface area contributed by atoms with Crippen molar-refractivity contribution in [3.05, 3.63) is 0 Å². The van der Waals surface area contributed by atoms with Crippen LogP contribution >= 0.6 is 0 Å². The molecule has 0 aromatic carbocycles. The lowest BCUT2D eigenvalue weighted by atomic mass is 10.1. The van der Waals surface area contributed by atoms with Gasteiger partial charge in [-0.15, -0.1) is 0 Å². The molecule has 1 rings (SSSR count). The first kappa shape index (κ1) is 13.9. The van der Waals surface area contributed by atoms with Crippen LogP contribution in [0, 0.1) is 0 Å². The molecular formula is C11H22N4O2. The Balaban J connectivity index is 2.51. The summed E-state index contributed by atoms with van der Waals surface area (Å²) in [5, 5.41) is 0. The van der Waals surface area contributed by atoms with Crippen LogP contribution in [-0.4, -0.2) is 59.9 Å². The van der Waals surface area contributed by atoms with Crippen LogP contribution in [0.5, 0.6) is 0 Å². The summed E-state index contributed by atoms with van der Waals surface area (Å²) < 4.78 is 0. The Hall–Kier alpha value is -1.14. The maximum Gasteiger partial charge on any atom is 0.240 e. The first-order valence-electron chi connectivity index (χ1n) is 6.02. The van der Waals surface area contributed by atoms with Gasteiger partial charge in [-0.1, -0.05) is 6.92 Å². The number of hydrogen-bond acceptors (Lipinski definition) is 4. The van der Waals surface area contributed by atoms with Crippen LogP contribution in [0.2, 0.25) is 0 Å². The number of amides is 2. The third-order valence-corrected chi connectivity index (χ3v) is 3.22. The highest BCUT2D eigenvalue weighted by Crippen LogP contribution is 2.10. The largest absolute Gasteiger partial charge is 0.370 e. The number of carbonyl (C=O) groups excluding carboxylic acids is 2. The summed E-state index contributed by atoms with van der Waals surface area (Å²) in [6.45, 7) is 7.36. The van der Waals surface area contributed by atoms with Gasteiger partial charge in [-0.3, -0.25) is 14.5 Å². The Bertz CT molecular complexity index is 295. The van der Waals surface area contributed by atoms with Crippen LogP contribution < -0.4 is 11.5 Å². The predicted molar refractivity (Wildman–Crippen MR) is 65.1 cm³/mol. The molecule has 0 aliphatic carbocycles. The van der Waals surface area contributed by atoms with Crippen molar-refractivity contribution in [2.45, 2.75) is 32.4 Å². The van der Waals surface area contributed by atoms with E-state index in [2.05, 4.69) is 18.7 Å². The Morgan fingerprint density at radius 1 is 1.41 bits per heavy atom. The van der Waals surface area contributed by atoms with Crippen molar-refractivity contribution in [3.8, 4) is 0 Å². The van der Waals surface area contributed by atoms with E-state index in [-0.39, 0.29) is 12.3 Å². The van der Waals surface area contributed by atoms with Crippen LogP contribution in [-0.2, 0) is 9.59 Å². The van der Waals surface area contributed by atoms with Gasteiger partial charge in [0.15, 0.2) is 0 Å². The molecule has 1 heterocycles. The van der Waals surface area contributed by atoms with Crippen molar-refractivity contribution >= 4 is 11.8 Å². The molecule has 0 spiro atoms. The third-order valence-electron chi connectivity index (χ3n) is 3.22. The van der Waals surface area contributed by atoms with E-state index in [0.717, 1.165) is 13.1 Å². The predicted octanol–water partition coefficient (Wildman–Crippen LogP) is -1.26. The molecule has 1 aliphatic heterocycles. The summed E-state index contributed by atoms with van der Waals surface area (Å²) in [5.41, 5.74) is 10.7. The molecule has 2 unspecified atom stereocenters. The first-order chi connectivity index (χ1) is 7.95. The van der Waals surface area contributed by atoms with E-state index in [4.69, 9.17) is 11.5 Å². The fourth-order valence-corrected chi connectivity index (χ4v) is 2.20. The second kappa shape index (κ2) is 5.97. The molecule has 0 bridgehead atoms. The molecule has 2 amide bonds. The summed E-state index contributed by atoms with van der Waals surface area (Å²) in [7, 11) is 0. The molecule has 0 radical (unpaired) electrons. The average Bonchev–Trinajstić information content (AvgIpc) is 2.27. The van der Waals surface area contributed by atoms with Crippen LogP contribution in [0.4, 0.5) is 0 Å². The minimum absolute atomic E-state index is 0.0821. The summed E-state index contributed by atoms with van der Waals surface area (Å²) in [4.78, 5) is 26.7. The summed E-state index contributed by atoms with van der Waals surface area (Å²) >= 11 is 0. The maximum atomic E-state index is 11.9. The Labute approximate surface area is 102 Å². The molecule has 1 saturated heterocycles. The van der Waals surface area contributed by atoms with Crippen LogP contribution in [0.25, 0.3) is 0 Å². The standard InChI is InChI=1S/C11H22N4O2/c1-3-14-4-5-15(7-8(14)2)11(17)9(12)6-10(13)16/h8-9H,3-7,12H2,1-2H3,(H2,13,16). The lowest BCUT2D eigenvalue weighted by Gasteiger charge is -2.40. The van der Waals surface area contributed by atoms with E-state index in [1.54, 1.807) is 4.90 Å². The molecule has 0 saturated carbocycles. The van der Waals surface area contributed by atoms with E-state index >= 15 is 0 Å². The van der Waals surface area contributed by atoms with Gasteiger partial charge in [0, 0.05) is 25.7 Å². The van der Waals surface area contributed by atoms with E-state index in [1.807, 2.05) is 0 Å². The molecule has 6 heteroatoms. The molecule has 98 valence electrons. The van der Waals surface area contributed by atoms with Crippen molar-refractivity contribution in [2.24, 2.45) is 11.5 Å². The minimum Gasteiger partial charge on any atom is -0.370 e. The maximum absolute atomic E-state index is 11.9. The SMILES string of the molecule is CCN1CCN(C(=O)C(N)CC(N)=O)CC1C. The highest BCUT2D eigenvalue weighted by Gasteiger charge is 2.28. The van der Waals surface area contributed by atoms with Crippen LogP contribution in [0.3, 0.4) is 0 Å². The normalized spacial score (nSPS) is 23.5. The van der Waals surface area contributed by atoms with Crippen molar-refractivity contribution in [1.29, 1.82) is 0 Å². The third kappa shape index (κ3) is 3.67. The number of primary amides is 1. The van der Waals surface area contributed by atoms with Gasteiger partial charge in [-0.05, 0) is 13.5 Å². The van der Waals surface area contributed by atoms with Gasteiger partial charge in [-0.2, -0.15) is 0 Å². The summed E-state index contributed by atoms with van der Waals surface area (Å²) in [6.07, 6.45) is -0.0821. The van der Waals surface area contributed by atoms with Gasteiger partial charge < -0.3 is 16.4 Å². The average molecular weight is 242 g/mol. The quantitative estimate of drug-likeness (QED) is 0.643. The zero-order valence-electron chi connectivity index (χ0n) is 10.6. The van der Waals surface area contributed by atoms with Crippen molar-refractivity contribution < 1.29 is 9.59 Å². The van der Waals surface area contributed by atoms with Crippen LogP contribution in [0.1, 0.15) is 20.3 Å². The minimum atomic E-state index is -0.798. The molecule has 1 aliphatic rings. The zero-order chi connectivity index (χ0) is 13.0. The van der Waals surface area contributed by atoms with Gasteiger partial charge in [0.2, 0.25) is 11.8 Å². The van der Waals surface area contributed by atoms with Gasteiger partial charge >= 0.3 is 0 Å². The van der Waals surface area contributed by atoms with Gasteiger partial charge in [0.25, 0.3) is 0 Å². The van der Waals surface area contributed by atoms with Gasteiger partial charge in [0.1, 0.15) is 0 Å². The molecule has 1 fully saturated rings. The second-order valence-corrected chi connectivity index (χ2v) is 4.54. The van der Waals surface area contributed by atoms with Crippen molar-refractivity contribution in [1.82, 2.24) is 9.80 Å². The Morgan fingerprint density at radius 2 is 2.06 bits per heavy atom. The van der Waals surface area contributed by atoms with E-state index < -0.39 is 11.9 Å². The highest BCUT2D eigenvalue weighted by atomic mass is 16.2. The molecule has 0 aromatic rings. The van der Waals surface area contributed by atoms with Crippen LogP contribution in [0.15, 0.2) is 0 Å². The Kier molecular flexibility index (Phi) is 4.89. The zero-order valence-corrected chi connectivity index (χ0v) is 10.6. The number of hydrogen-bond donors (Lipinski definition) is 2. The number of nitrogens with zero attached hydrogens (tertiary/aromatic N) is 2. The fourth-order valence-electron chi connectivity index (χ4n) is 2.20. The molecule has 4 N–H and O–H groups in total. The number of rotatable bonds is 4. The molecule has 6 nitrogen and oxygen atoms in total. The number of piperazine rings is 1. The lowest BCUT2D eigenvalue weighted by Crippen LogP contribution is -2.57. The fraction of sp³-hybridized carbons (Fsp3) is 0.818. The van der Waals surface area contributed by atoms with E-state index in [0.29, 0.717) is 19.1 Å². The molecular weight excluding hydrogens is 220 g/mol. The van der Waals surface area contributed by atoms with E-state index in [9.17, 15) is 9.59 Å². The second-order valence-electron chi connectivity index (χ2n) is 4.54. The van der Waals surface area contributed by atoms with E-state index in [1.165, 1.54) is 0 Å². The van der Waals surface area contributed by atoms with Gasteiger partial charge in [-0.25, -0.2) is 0 Å². The smallest absolute Gasteiger partial charge is 0.240 e. The highest BCUT2D eigenvalue weighted by molar-refractivity contribution is 5.87. The number of likely N-dealkylation sites (N-methyl/N-ethyl adjacent to an activating group) is 1. The number of carbonyl (C=O) groups is 2. The first-order valence-corrected chi connectivity index (χ1v) is 6.02. The summed E-state index contributed by atoms with van der Waals surface area (Å²) in [5.74, 6) is -0.711. The molecule has 0 aromatic heterocycles. The Morgan fingerprint density at radius 3 is 2.53 bits per heavy atom. The van der Waals surface area contributed by atoms with Gasteiger partial charge in [0.05, 0.1) is 12.5 Å². The lowest BCUT2D eigenvalue weighted by molar-refractivity contribution is -0.137. The monoisotopic (exact) mass is 242 g/mol.